The fourth-order valence-electron chi connectivity index (χ4n) is 3.40. The Bertz CT molecular complexity index is 1010. The van der Waals surface area contributed by atoms with Gasteiger partial charge in [-0.25, -0.2) is 0 Å². The van der Waals surface area contributed by atoms with Gasteiger partial charge in [-0.3, -0.25) is 14.5 Å². The van der Waals surface area contributed by atoms with Gasteiger partial charge in [-0.2, -0.15) is 0 Å². The smallest absolute Gasteiger partial charge is 0.238 e. The van der Waals surface area contributed by atoms with Crippen molar-refractivity contribution in [1.82, 2.24) is 4.90 Å². The zero-order valence-electron chi connectivity index (χ0n) is 17.4. The third-order valence-electron chi connectivity index (χ3n) is 4.72. The largest absolute Gasteiger partial charge is 0.495 e. The summed E-state index contributed by atoms with van der Waals surface area (Å²) in [6, 6.07) is 21.0. The number of methoxy groups -OCH3 is 1. The SMILES string of the molecule is CCCN(CC(=O)Nc1ccccc1OC)CC(=O)Nc1cccc2ccccc12. The average molecular weight is 405 g/mol. The van der Waals surface area contributed by atoms with Crippen LogP contribution < -0.4 is 15.4 Å². The normalized spacial score (nSPS) is 10.8. The van der Waals surface area contributed by atoms with Crippen molar-refractivity contribution >= 4 is 34.0 Å². The summed E-state index contributed by atoms with van der Waals surface area (Å²) in [5.74, 6) is 0.261. The molecule has 2 amide bonds. The van der Waals surface area contributed by atoms with E-state index in [-0.39, 0.29) is 24.9 Å². The van der Waals surface area contributed by atoms with Gasteiger partial charge in [-0.15, -0.1) is 0 Å². The van der Waals surface area contributed by atoms with E-state index in [1.54, 1.807) is 19.2 Å². The Balaban J connectivity index is 1.63. The van der Waals surface area contributed by atoms with Crippen molar-refractivity contribution in [1.29, 1.82) is 0 Å². The fourth-order valence-corrected chi connectivity index (χ4v) is 3.40. The highest BCUT2D eigenvalue weighted by Crippen LogP contribution is 2.24. The summed E-state index contributed by atoms with van der Waals surface area (Å²) in [6.07, 6.45) is 0.837. The Morgan fingerprint density at radius 2 is 1.43 bits per heavy atom. The van der Waals surface area contributed by atoms with E-state index >= 15 is 0 Å². The molecule has 0 saturated carbocycles. The number of hydrogen-bond acceptors (Lipinski definition) is 4. The van der Waals surface area contributed by atoms with E-state index in [0.29, 0.717) is 18.0 Å². The molecule has 156 valence electrons. The lowest BCUT2D eigenvalue weighted by Gasteiger charge is -2.21. The van der Waals surface area contributed by atoms with E-state index in [4.69, 9.17) is 4.74 Å². The van der Waals surface area contributed by atoms with Crippen molar-refractivity contribution in [2.24, 2.45) is 0 Å². The lowest BCUT2D eigenvalue weighted by molar-refractivity contribution is -0.120. The first-order valence-electron chi connectivity index (χ1n) is 10.0. The van der Waals surface area contributed by atoms with Crippen molar-refractivity contribution in [3.8, 4) is 5.75 Å². The fraction of sp³-hybridized carbons (Fsp3) is 0.250. The topological polar surface area (TPSA) is 70.7 Å². The molecular formula is C24H27N3O3. The number of benzene rings is 3. The van der Waals surface area contributed by atoms with E-state index in [1.807, 2.05) is 66.4 Å². The minimum atomic E-state index is -0.189. The van der Waals surface area contributed by atoms with E-state index in [9.17, 15) is 9.59 Å². The molecule has 0 aromatic heterocycles. The molecule has 6 heteroatoms. The minimum absolute atomic E-state index is 0.120. The Kier molecular flexibility index (Phi) is 7.40. The number of carbonyl (C=O) groups excluding carboxylic acids is 2. The monoisotopic (exact) mass is 405 g/mol. The number of carbonyl (C=O) groups is 2. The van der Waals surface area contributed by atoms with E-state index < -0.39 is 0 Å². The maximum absolute atomic E-state index is 12.7. The summed E-state index contributed by atoms with van der Waals surface area (Å²) in [5, 5.41) is 7.90. The highest BCUT2D eigenvalue weighted by Gasteiger charge is 2.16. The second kappa shape index (κ2) is 10.4. The molecular weight excluding hydrogens is 378 g/mol. The molecule has 0 bridgehead atoms. The molecule has 0 spiro atoms. The van der Waals surface area contributed by atoms with Gasteiger partial charge in [-0.1, -0.05) is 55.5 Å². The molecule has 0 radical (unpaired) electrons. The highest BCUT2D eigenvalue weighted by atomic mass is 16.5. The molecule has 0 aliphatic rings. The Labute approximate surface area is 176 Å². The van der Waals surface area contributed by atoms with Crippen LogP contribution in [0.4, 0.5) is 11.4 Å². The van der Waals surface area contributed by atoms with Crippen LogP contribution in [0.25, 0.3) is 10.8 Å². The molecule has 0 unspecified atom stereocenters. The number of ether oxygens (including phenoxy) is 1. The van der Waals surface area contributed by atoms with E-state index in [2.05, 4.69) is 10.6 Å². The summed E-state index contributed by atoms with van der Waals surface area (Å²) in [6.45, 7) is 2.92. The molecule has 0 atom stereocenters. The van der Waals surface area contributed by atoms with Gasteiger partial charge in [-0.05, 0) is 36.6 Å². The van der Waals surface area contributed by atoms with Gasteiger partial charge >= 0.3 is 0 Å². The second-order valence-electron chi connectivity index (χ2n) is 7.03. The van der Waals surface area contributed by atoms with Gasteiger partial charge in [0.2, 0.25) is 11.8 Å². The Morgan fingerprint density at radius 1 is 0.833 bits per heavy atom. The molecule has 30 heavy (non-hydrogen) atoms. The molecule has 3 aromatic rings. The van der Waals surface area contributed by atoms with Crippen molar-refractivity contribution in [3.05, 3.63) is 66.7 Å². The van der Waals surface area contributed by atoms with E-state index in [0.717, 1.165) is 22.9 Å². The first-order valence-corrected chi connectivity index (χ1v) is 10.0. The van der Waals surface area contributed by atoms with Gasteiger partial charge in [0.1, 0.15) is 5.75 Å². The van der Waals surface area contributed by atoms with E-state index in [1.165, 1.54) is 0 Å². The van der Waals surface area contributed by atoms with Crippen molar-refractivity contribution in [2.45, 2.75) is 13.3 Å². The van der Waals surface area contributed by atoms with Crippen molar-refractivity contribution in [3.63, 3.8) is 0 Å². The first kappa shape index (κ1) is 21.3. The summed E-state index contributed by atoms with van der Waals surface area (Å²) < 4.78 is 5.27. The molecule has 0 aliphatic carbocycles. The van der Waals surface area contributed by atoms with Crippen LogP contribution >= 0.6 is 0 Å². The third kappa shape index (κ3) is 5.58. The van der Waals surface area contributed by atoms with Gasteiger partial charge in [0, 0.05) is 11.1 Å². The van der Waals surface area contributed by atoms with Gasteiger partial charge in [0.05, 0.1) is 25.9 Å². The number of hydrogen-bond donors (Lipinski definition) is 2. The lowest BCUT2D eigenvalue weighted by Crippen LogP contribution is -2.39. The number of para-hydroxylation sites is 2. The zero-order valence-corrected chi connectivity index (χ0v) is 17.4. The molecule has 3 aromatic carbocycles. The third-order valence-corrected chi connectivity index (χ3v) is 4.72. The molecule has 0 fully saturated rings. The number of nitrogens with one attached hydrogen (secondary N) is 2. The van der Waals surface area contributed by atoms with Crippen LogP contribution in [0.5, 0.6) is 5.75 Å². The Hall–Kier alpha value is -3.38. The molecule has 0 saturated heterocycles. The molecule has 0 heterocycles. The predicted octanol–water partition coefficient (Wildman–Crippen LogP) is 4.14. The maximum atomic E-state index is 12.7. The number of anilines is 2. The lowest BCUT2D eigenvalue weighted by atomic mass is 10.1. The van der Waals surface area contributed by atoms with Crippen LogP contribution in [0.2, 0.25) is 0 Å². The Morgan fingerprint density at radius 3 is 2.17 bits per heavy atom. The molecule has 6 nitrogen and oxygen atoms in total. The summed E-state index contributed by atoms with van der Waals surface area (Å²) in [7, 11) is 1.56. The number of nitrogens with zero attached hydrogens (tertiary/aromatic N) is 1. The summed E-state index contributed by atoms with van der Waals surface area (Å²) in [4.78, 5) is 27.1. The average Bonchev–Trinajstić information content (AvgIpc) is 2.74. The van der Waals surface area contributed by atoms with Crippen LogP contribution in [0.3, 0.4) is 0 Å². The number of fused-ring (bicyclic) bond motifs is 1. The van der Waals surface area contributed by atoms with Crippen LogP contribution in [0.15, 0.2) is 66.7 Å². The van der Waals surface area contributed by atoms with Crippen LogP contribution in [0, 0.1) is 0 Å². The second-order valence-corrected chi connectivity index (χ2v) is 7.03. The van der Waals surface area contributed by atoms with Gasteiger partial charge in [0.25, 0.3) is 0 Å². The van der Waals surface area contributed by atoms with Crippen LogP contribution in [-0.2, 0) is 9.59 Å². The van der Waals surface area contributed by atoms with Crippen LogP contribution in [-0.4, -0.2) is 43.5 Å². The molecule has 3 rings (SSSR count). The molecule has 0 aliphatic heterocycles. The van der Waals surface area contributed by atoms with Gasteiger partial charge in [0.15, 0.2) is 0 Å². The summed E-state index contributed by atoms with van der Waals surface area (Å²) in [5.41, 5.74) is 1.38. The highest BCUT2D eigenvalue weighted by molar-refractivity contribution is 6.03. The summed E-state index contributed by atoms with van der Waals surface area (Å²) >= 11 is 0. The standard InChI is InChI=1S/C24H27N3O3/c1-3-15-27(17-24(29)26-21-12-6-7-14-22(21)30-2)16-23(28)25-20-13-8-10-18-9-4-5-11-19(18)20/h4-14H,3,15-17H2,1-2H3,(H,25,28)(H,26,29). The first-order chi connectivity index (χ1) is 14.6. The van der Waals surface area contributed by atoms with Crippen LogP contribution in [0.1, 0.15) is 13.3 Å². The van der Waals surface area contributed by atoms with Gasteiger partial charge < -0.3 is 15.4 Å². The van der Waals surface area contributed by atoms with Crippen molar-refractivity contribution < 1.29 is 14.3 Å². The number of amides is 2. The predicted molar refractivity (Wildman–Crippen MR) is 121 cm³/mol. The minimum Gasteiger partial charge on any atom is -0.495 e. The quantitative estimate of drug-likeness (QED) is 0.561. The molecule has 2 N–H and O–H groups in total. The zero-order chi connectivity index (χ0) is 21.3. The van der Waals surface area contributed by atoms with Crippen molar-refractivity contribution in [2.75, 3.05) is 37.4 Å². The maximum Gasteiger partial charge on any atom is 0.238 e. The number of rotatable bonds is 9.